The molecule has 0 radical (unpaired) electrons. The molecule has 0 aliphatic heterocycles. The average molecular weight is 350 g/mol. The van der Waals surface area contributed by atoms with Crippen molar-refractivity contribution in [3.63, 3.8) is 0 Å². The molecular formula is C17H22N2O4S. The first-order chi connectivity index (χ1) is 11.4. The van der Waals surface area contributed by atoms with E-state index in [9.17, 15) is 8.42 Å². The molecule has 0 amide bonds. The molecule has 0 atom stereocenters. The highest BCUT2D eigenvalue weighted by Gasteiger charge is 2.23. The van der Waals surface area contributed by atoms with Gasteiger partial charge in [0.1, 0.15) is 22.2 Å². The first-order valence-electron chi connectivity index (χ1n) is 7.74. The van der Waals surface area contributed by atoms with Crippen LogP contribution in [0.25, 0.3) is 0 Å². The topological polar surface area (TPSA) is 77.5 Å². The highest BCUT2D eigenvalue weighted by Crippen LogP contribution is 2.33. The Morgan fingerprint density at radius 1 is 1.04 bits per heavy atom. The fourth-order valence-electron chi connectivity index (χ4n) is 2.22. The molecule has 0 saturated carbocycles. The maximum Gasteiger partial charge on any atom is 0.266 e. The Labute approximate surface area is 142 Å². The van der Waals surface area contributed by atoms with E-state index in [1.54, 1.807) is 38.1 Å². The van der Waals surface area contributed by atoms with Crippen molar-refractivity contribution in [2.75, 3.05) is 17.9 Å². The maximum absolute atomic E-state index is 12.8. The number of ether oxygens (including phenoxy) is 2. The van der Waals surface area contributed by atoms with Gasteiger partial charge in [-0.2, -0.15) is 0 Å². The lowest BCUT2D eigenvalue weighted by molar-refractivity contribution is 0.321. The predicted molar refractivity (Wildman–Crippen MR) is 93.3 cm³/mol. The van der Waals surface area contributed by atoms with Crippen LogP contribution in [0, 0.1) is 13.8 Å². The number of sulfonamides is 1. The van der Waals surface area contributed by atoms with Crippen molar-refractivity contribution in [2.24, 2.45) is 0 Å². The molecule has 7 heteroatoms. The Morgan fingerprint density at radius 3 is 2.33 bits per heavy atom. The van der Waals surface area contributed by atoms with Gasteiger partial charge in [-0.1, -0.05) is 6.07 Å². The van der Waals surface area contributed by atoms with Crippen LogP contribution in [0.2, 0.25) is 0 Å². The lowest BCUT2D eigenvalue weighted by Crippen LogP contribution is -2.16. The predicted octanol–water partition coefficient (Wildman–Crippen LogP) is 3.30. The number of nitrogens with one attached hydrogen (secondary N) is 1. The monoisotopic (exact) mass is 350 g/mol. The van der Waals surface area contributed by atoms with Gasteiger partial charge in [0.05, 0.1) is 13.2 Å². The summed E-state index contributed by atoms with van der Waals surface area (Å²) >= 11 is 0. The number of hydrogen-bond donors (Lipinski definition) is 1. The van der Waals surface area contributed by atoms with Crippen molar-refractivity contribution in [3.8, 4) is 11.5 Å². The summed E-state index contributed by atoms with van der Waals surface area (Å²) in [6, 6.07) is 8.30. The van der Waals surface area contributed by atoms with Crippen LogP contribution in [0.3, 0.4) is 0 Å². The second-order valence-electron chi connectivity index (χ2n) is 5.20. The van der Waals surface area contributed by atoms with Crippen molar-refractivity contribution in [1.82, 2.24) is 4.98 Å². The second kappa shape index (κ2) is 7.53. The molecule has 24 heavy (non-hydrogen) atoms. The Balaban J connectivity index is 2.48. The first-order valence-corrected chi connectivity index (χ1v) is 9.22. The van der Waals surface area contributed by atoms with E-state index in [4.69, 9.17) is 9.47 Å². The molecular weight excluding hydrogens is 328 g/mol. The van der Waals surface area contributed by atoms with E-state index in [1.807, 2.05) is 13.8 Å². The zero-order chi connectivity index (χ0) is 17.7. The van der Waals surface area contributed by atoms with Crippen LogP contribution in [-0.2, 0) is 10.0 Å². The first kappa shape index (κ1) is 18.1. The SMILES string of the molecule is CCOc1cc(S(=O)(=O)Nc2cccc(C)n2)c(OCC)cc1C. The summed E-state index contributed by atoms with van der Waals surface area (Å²) in [5.41, 5.74) is 1.53. The summed E-state index contributed by atoms with van der Waals surface area (Å²) < 4.78 is 39.1. The maximum atomic E-state index is 12.8. The third-order valence-corrected chi connectivity index (χ3v) is 4.63. The van der Waals surface area contributed by atoms with Crippen molar-refractivity contribution in [1.29, 1.82) is 0 Å². The number of benzene rings is 1. The van der Waals surface area contributed by atoms with Gasteiger partial charge >= 0.3 is 0 Å². The van der Waals surface area contributed by atoms with Gasteiger partial charge in [-0.3, -0.25) is 4.72 Å². The molecule has 0 fully saturated rings. The smallest absolute Gasteiger partial charge is 0.266 e. The largest absolute Gasteiger partial charge is 0.494 e. The molecule has 1 N–H and O–H groups in total. The molecule has 1 aromatic carbocycles. The van der Waals surface area contributed by atoms with E-state index in [-0.39, 0.29) is 10.7 Å². The van der Waals surface area contributed by atoms with E-state index < -0.39 is 10.0 Å². The Morgan fingerprint density at radius 2 is 1.71 bits per heavy atom. The highest BCUT2D eigenvalue weighted by atomic mass is 32.2. The van der Waals surface area contributed by atoms with Gasteiger partial charge < -0.3 is 9.47 Å². The quantitative estimate of drug-likeness (QED) is 0.829. The molecule has 0 spiro atoms. The third-order valence-electron chi connectivity index (χ3n) is 3.26. The van der Waals surface area contributed by atoms with Crippen LogP contribution in [-0.4, -0.2) is 26.6 Å². The van der Waals surface area contributed by atoms with Crippen LogP contribution >= 0.6 is 0 Å². The Hall–Kier alpha value is -2.28. The van der Waals surface area contributed by atoms with Gasteiger partial charge in [-0.05, 0) is 51.5 Å². The molecule has 0 aliphatic rings. The second-order valence-corrected chi connectivity index (χ2v) is 6.85. The van der Waals surface area contributed by atoms with E-state index in [2.05, 4.69) is 9.71 Å². The molecule has 130 valence electrons. The number of hydrogen-bond acceptors (Lipinski definition) is 5. The lowest BCUT2D eigenvalue weighted by atomic mass is 10.2. The molecule has 2 rings (SSSR count). The zero-order valence-electron chi connectivity index (χ0n) is 14.3. The van der Waals surface area contributed by atoms with E-state index in [0.29, 0.717) is 24.7 Å². The van der Waals surface area contributed by atoms with Gasteiger partial charge in [0.25, 0.3) is 10.0 Å². The van der Waals surface area contributed by atoms with Crippen LogP contribution in [0.15, 0.2) is 35.2 Å². The summed E-state index contributed by atoms with van der Waals surface area (Å²) in [7, 11) is -3.86. The number of nitrogens with zero attached hydrogens (tertiary/aromatic N) is 1. The number of pyridine rings is 1. The molecule has 0 unspecified atom stereocenters. The number of anilines is 1. The minimum Gasteiger partial charge on any atom is -0.494 e. The van der Waals surface area contributed by atoms with Gasteiger partial charge in [0, 0.05) is 11.8 Å². The lowest BCUT2D eigenvalue weighted by Gasteiger charge is -2.16. The van der Waals surface area contributed by atoms with Gasteiger partial charge in [0.15, 0.2) is 0 Å². The van der Waals surface area contributed by atoms with Crippen molar-refractivity contribution in [3.05, 3.63) is 41.6 Å². The van der Waals surface area contributed by atoms with Crippen molar-refractivity contribution in [2.45, 2.75) is 32.6 Å². The zero-order valence-corrected chi connectivity index (χ0v) is 15.1. The average Bonchev–Trinajstić information content (AvgIpc) is 2.49. The molecule has 6 nitrogen and oxygen atoms in total. The molecule has 2 aromatic rings. The Kier molecular flexibility index (Phi) is 5.66. The molecule has 0 aliphatic carbocycles. The summed E-state index contributed by atoms with van der Waals surface area (Å²) in [5.74, 6) is 1.06. The van der Waals surface area contributed by atoms with Crippen LogP contribution in [0.5, 0.6) is 11.5 Å². The van der Waals surface area contributed by atoms with Crippen LogP contribution < -0.4 is 14.2 Å². The molecule has 1 heterocycles. The standard InChI is InChI=1S/C17H22N2O4S/c1-5-22-14-11-16(15(23-6-2)10-12(14)3)24(20,21)19-17-9-7-8-13(4)18-17/h7-11H,5-6H2,1-4H3,(H,18,19). The normalized spacial score (nSPS) is 11.2. The van der Waals surface area contributed by atoms with Crippen LogP contribution in [0.4, 0.5) is 5.82 Å². The van der Waals surface area contributed by atoms with E-state index >= 15 is 0 Å². The van der Waals surface area contributed by atoms with Gasteiger partial charge in [0.2, 0.25) is 0 Å². The third kappa shape index (κ3) is 4.17. The highest BCUT2D eigenvalue weighted by molar-refractivity contribution is 7.92. The minimum absolute atomic E-state index is 0.0294. The van der Waals surface area contributed by atoms with Crippen molar-refractivity contribution < 1.29 is 17.9 Å². The number of rotatable bonds is 7. The summed E-state index contributed by atoms with van der Waals surface area (Å²) in [6.07, 6.45) is 0. The van der Waals surface area contributed by atoms with Gasteiger partial charge in [-0.15, -0.1) is 0 Å². The molecule has 1 aromatic heterocycles. The van der Waals surface area contributed by atoms with E-state index in [0.717, 1.165) is 11.3 Å². The minimum atomic E-state index is -3.86. The van der Waals surface area contributed by atoms with Gasteiger partial charge in [-0.25, -0.2) is 13.4 Å². The number of aryl methyl sites for hydroxylation is 2. The van der Waals surface area contributed by atoms with E-state index in [1.165, 1.54) is 6.07 Å². The number of aromatic nitrogens is 1. The summed E-state index contributed by atoms with van der Waals surface area (Å²) in [5, 5.41) is 0. The van der Waals surface area contributed by atoms with Crippen LogP contribution in [0.1, 0.15) is 25.1 Å². The van der Waals surface area contributed by atoms with Crippen molar-refractivity contribution >= 4 is 15.8 Å². The fourth-order valence-corrected chi connectivity index (χ4v) is 3.37. The Bertz CT molecular complexity index is 819. The summed E-state index contributed by atoms with van der Waals surface area (Å²) in [6.45, 7) is 8.10. The fraction of sp³-hybridized carbons (Fsp3) is 0.353. The summed E-state index contributed by atoms with van der Waals surface area (Å²) in [4.78, 5) is 4.20. The molecule has 0 saturated heterocycles. The molecule has 0 bridgehead atoms.